The molecule has 0 aliphatic carbocycles. The molecule has 0 saturated carbocycles. The number of hydrogen-bond acceptors (Lipinski definition) is 7. The Hall–Kier alpha value is -1.75. The summed E-state index contributed by atoms with van der Waals surface area (Å²) in [6.45, 7) is 4.52. The second kappa shape index (κ2) is 7.01. The van der Waals surface area contributed by atoms with E-state index in [4.69, 9.17) is 9.88 Å². The highest BCUT2D eigenvalue weighted by molar-refractivity contribution is 7.89. The van der Waals surface area contributed by atoms with E-state index in [2.05, 4.69) is 10.2 Å². The van der Waals surface area contributed by atoms with Crippen LogP contribution < -0.4 is 10.5 Å². The van der Waals surface area contributed by atoms with Crippen LogP contribution in [-0.4, -0.2) is 57.1 Å². The van der Waals surface area contributed by atoms with E-state index < -0.39 is 20.5 Å². The van der Waals surface area contributed by atoms with E-state index in [1.807, 2.05) is 14.0 Å². The molecular weight excluding hydrogens is 336 g/mol. The fourth-order valence-corrected chi connectivity index (χ4v) is 3.26. The molecule has 0 bridgehead atoms. The van der Waals surface area contributed by atoms with E-state index >= 15 is 0 Å². The van der Waals surface area contributed by atoms with Gasteiger partial charge >= 0.3 is 0 Å². The van der Waals surface area contributed by atoms with Crippen molar-refractivity contribution in [3.8, 4) is 0 Å². The Morgan fingerprint density at radius 3 is 2.75 bits per heavy atom. The molecule has 0 aromatic heterocycles. The van der Waals surface area contributed by atoms with Crippen LogP contribution >= 0.6 is 0 Å². The third-order valence-electron chi connectivity index (χ3n) is 4.18. The molecule has 0 radical (unpaired) electrons. The minimum Gasteiger partial charge on any atom is -0.377 e. The van der Waals surface area contributed by atoms with Gasteiger partial charge in [-0.2, -0.15) is 0 Å². The SMILES string of the molecule is CCC1(CNc2ccc(S(N)(=O)=O)cc2[N+](=O)[O-])CN(C)CCO1. The lowest BCUT2D eigenvalue weighted by molar-refractivity contribution is -0.384. The molecule has 1 aliphatic rings. The van der Waals surface area contributed by atoms with Gasteiger partial charge in [0.1, 0.15) is 5.69 Å². The van der Waals surface area contributed by atoms with Crippen molar-refractivity contribution in [3.63, 3.8) is 0 Å². The van der Waals surface area contributed by atoms with Crippen molar-refractivity contribution < 1.29 is 18.1 Å². The molecule has 9 nitrogen and oxygen atoms in total. The molecule has 1 aromatic rings. The summed E-state index contributed by atoms with van der Waals surface area (Å²) in [6, 6.07) is 3.56. The van der Waals surface area contributed by atoms with Gasteiger partial charge in [-0.3, -0.25) is 10.1 Å². The standard InChI is InChI=1S/C14H22N4O5S/c1-3-14(10-17(2)6-7-23-14)9-16-12-5-4-11(24(15,21)22)8-13(12)18(19)20/h4-5,8,16H,3,6-7,9-10H2,1-2H3,(H2,15,21,22). The molecule has 1 fully saturated rings. The summed E-state index contributed by atoms with van der Waals surface area (Å²) in [5.41, 5.74) is -0.548. The second-order valence-corrected chi connectivity index (χ2v) is 7.52. The molecule has 0 spiro atoms. The number of nitrogens with zero attached hydrogens (tertiary/aromatic N) is 2. The first kappa shape index (κ1) is 18.6. The molecule has 3 N–H and O–H groups in total. The summed E-state index contributed by atoms with van der Waals surface area (Å²) < 4.78 is 28.6. The van der Waals surface area contributed by atoms with Gasteiger partial charge in [0.05, 0.1) is 22.0 Å². The number of rotatable bonds is 6. The molecule has 1 aromatic carbocycles. The minimum atomic E-state index is -4.00. The molecule has 1 unspecified atom stereocenters. The Kier molecular flexibility index (Phi) is 5.43. The molecular formula is C14H22N4O5S. The summed E-state index contributed by atoms with van der Waals surface area (Å²) in [5.74, 6) is 0. The van der Waals surface area contributed by atoms with Crippen molar-refractivity contribution in [1.82, 2.24) is 4.90 Å². The van der Waals surface area contributed by atoms with Crippen molar-refractivity contribution in [2.75, 3.05) is 38.6 Å². The van der Waals surface area contributed by atoms with Gasteiger partial charge in [-0.05, 0) is 25.6 Å². The number of hydrogen-bond donors (Lipinski definition) is 2. The highest BCUT2D eigenvalue weighted by Crippen LogP contribution is 2.29. The van der Waals surface area contributed by atoms with E-state index in [-0.39, 0.29) is 16.3 Å². The molecule has 2 rings (SSSR count). The van der Waals surface area contributed by atoms with Gasteiger partial charge in [-0.1, -0.05) is 6.92 Å². The Balaban J connectivity index is 2.24. The number of nitro benzene ring substituents is 1. The molecule has 1 atom stereocenters. The Morgan fingerprint density at radius 1 is 1.50 bits per heavy atom. The predicted octanol–water partition coefficient (Wildman–Crippen LogP) is 0.765. The van der Waals surface area contributed by atoms with Crippen molar-refractivity contribution in [1.29, 1.82) is 0 Å². The summed E-state index contributed by atoms with van der Waals surface area (Å²) in [5, 5.41) is 19.3. The normalized spacial score (nSPS) is 22.3. The van der Waals surface area contributed by atoms with Crippen LogP contribution in [0, 0.1) is 10.1 Å². The minimum absolute atomic E-state index is 0.233. The van der Waals surface area contributed by atoms with E-state index in [0.717, 1.165) is 19.0 Å². The number of ether oxygens (including phenoxy) is 1. The number of morpholine rings is 1. The lowest BCUT2D eigenvalue weighted by Gasteiger charge is -2.41. The van der Waals surface area contributed by atoms with Crippen LogP contribution in [0.5, 0.6) is 0 Å². The van der Waals surface area contributed by atoms with E-state index in [1.54, 1.807) is 0 Å². The van der Waals surface area contributed by atoms with Crippen LogP contribution in [0.3, 0.4) is 0 Å². The summed E-state index contributed by atoms with van der Waals surface area (Å²) in [7, 11) is -2.00. The highest BCUT2D eigenvalue weighted by Gasteiger charge is 2.34. The van der Waals surface area contributed by atoms with Crippen molar-refractivity contribution in [2.24, 2.45) is 5.14 Å². The fourth-order valence-electron chi connectivity index (χ4n) is 2.73. The second-order valence-electron chi connectivity index (χ2n) is 5.96. The topological polar surface area (TPSA) is 128 Å². The predicted molar refractivity (Wildman–Crippen MR) is 89.4 cm³/mol. The number of sulfonamides is 1. The van der Waals surface area contributed by atoms with Gasteiger partial charge in [-0.15, -0.1) is 0 Å². The van der Waals surface area contributed by atoms with Crippen LogP contribution in [0.1, 0.15) is 13.3 Å². The highest BCUT2D eigenvalue weighted by atomic mass is 32.2. The zero-order valence-corrected chi connectivity index (χ0v) is 14.5. The lowest BCUT2D eigenvalue weighted by Crippen LogP contribution is -2.53. The molecule has 1 aliphatic heterocycles. The zero-order chi connectivity index (χ0) is 18.0. The zero-order valence-electron chi connectivity index (χ0n) is 13.7. The maximum atomic E-state index is 11.4. The van der Waals surface area contributed by atoms with Crippen molar-refractivity contribution in [2.45, 2.75) is 23.8 Å². The Labute approximate surface area is 141 Å². The third-order valence-corrected chi connectivity index (χ3v) is 5.09. The number of benzene rings is 1. The van der Waals surface area contributed by atoms with Gasteiger partial charge in [0.25, 0.3) is 5.69 Å². The molecule has 1 heterocycles. The first-order valence-electron chi connectivity index (χ1n) is 7.54. The van der Waals surface area contributed by atoms with Crippen LogP contribution in [0.15, 0.2) is 23.1 Å². The van der Waals surface area contributed by atoms with Crippen molar-refractivity contribution in [3.05, 3.63) is 28.3 Å². The maximum absolute atomic E-state index is 11.4. The van der Waals surface area contributed by atoms with E-state index in [9.17, 15) is 18.5 Å². The smallest absolute Gasteiger partial charge is 0.293 e. The number of primary sulfonamides is 1. The van der Waals surface area contributed by atoms with Gasteiger partial charge in [0.15, 0.2) is 0 Å². The lowest BCUT2D eigenvalue weighted by atomic mass is 9.98. The maximum Gasteiger partial charge on any atom is 0.293 e. The van der Waals surface area contributed by atoms with Gasteiger partial charge in [0.2, 0.25) is 10.0 Å². The Morgan fingerprint density at radius 2 is 2.21 bits per heavy atom. The van der Waals surface area contributed by atoms with Crippen LogP contribution in [-0.2, 0) is 14.8 Å². The quantitative estimate of drug-likeness (QED) is 0.567. The number of likely N-dealkylation sites (N-methyl/N-ethyl adjacent to an activating group) is 1. The van der Waals surface area contributed by atoms with Crippen LogP contribution in [0.2, 0.25) is 0 Å². The number of nitrogens with two attached hydrogens (primary N) is 1. The third kappa shape index (κ3) is 4.20. The number of nitrogens with one attached hydrogen (secondary N) is 1. The fraction of sp³-hybridized carbons (Fsp3) is 0.571. The van der Waals surface area contributed by atoms with Crippen LogP contribution in [0.4, 0.5) is 11.4 Å². The molecule has 10 heteroatoms. The molecule has 0 amide bonds. The van der Waals surface area contributed by atoms with Crippen LogP contribution in [0.25, 0.3) is 0 Å². The first-order chi connectivity index (χ1) is 11.2. The molecule has 1 saturated heterocycles. The molecule has 24 heavy (non-hydrogen) atoms. The van der Waals surface area contributed by atoms with E-state index in [1.165, 1.54) is 12.1 Å². The van der Waals surface area contributed by atoms with Gasteiger partial charge < -0.3 is 15.0 Å². The summed E-state index contributed by atoms with van der Waals surface area (Å²) in [6.07, 6.45) is 0.743. The monoisotopic (exact) mass is 358 g/mol. The average molecular weight is 358 g/mol. The van der Waals surface area contributed by atoms with E-state index in [0.29, 0.717) is 19.7 Å². The largest absolute Gasteiger partial charge is 0.377 e. The van der Waals surface area contributed by atoms with Gasteiger partial charge in [0, 0.05) is 25.7 Å². The average Bonchev–Trinajstić information content (AvgIpc) is 2.51. The van der Waals surface area contributed by atoms with Gasteiger partial charge in [-0.25, -0.2) is 13.6 Å². The number of nitro groups is 1. The number of anilines is 1. The van der Waals surface area contributed by atoms with Crippen molar-refractivity contribution >= 4 is 21.4 Å². The molecule has 134 valence electrons. The summed E-state index contributed by atoms with van der Waals surface area (Å²) >= 11 is 0. The summed E-state index contributed by atoms with van der Waals surface area (Å²) in [4.78, 5) is 12.5. The first-order valence-corrected chi connectivity index (χ1v) is 9.09. The Bertz CT molecular complexity index is 724.